The first-order valence-electron chi connectivity index (χ1n) is 8.92. The van der Waals surface area contributed by atoms with Crippen LogP contribution < -0.4 is 16.0 Å². The van der Waals surface area contributed by atoms with Crippen molar-refractivity contribution >= 4 is 29.2 Å². The number of halogens is 1. The average molecular weight is 374 g/mol. The van der Waals surface area contributed by atoms with E-state index in [1.165, 1.54) is 0 Å². The van der Waals surface area contributed by atoms with Gasteiger partial charge < -0.3 is 26.0 Å². The second-order valence-corrected chi connectivity index (χ2v) is 6.30. The van der Waals surface area contributed by atoms with Crippen LogP contribution in [-0.2, 0) is 0 Å². The number of aliphatic hydroxyl groups is 1. The standard InChI is InChI=1S/C18H23FN6O2/c1-2-12(11-26)21-16-15(19)10-20-17(24-16)22-13-5-3-6-14(9-13)23-18(27)25-7-4-8-25/h3,5-6,9-10,12,26H,2,4,7-8,11H2,1H3,(H,23,27)(H2,20,21,22,24)/t12-/m0/s1. The molecule has 1 fully saturated rings. The molecular weight excluding hydrogens is 351 g/mol. The Balaban J connectivity index is 1.69. The Hall–Kier alpha value is -2.94. The molecule has 2 heterocycles. The number of rotatable bonds is 7. The van der Waals surface area contributed by atoms with Crippen LogP contribution in [0.15, 0.2) is 30.5 Å². The lowest BCUT2D eigenvalue weighted by molar-refractivity contribution is 0.181. The molecule has 27 heavy (non-hydrogen) atoms. The zero-order chi connectivity index (χ0) is 19.2. The summed E-state index contributed by atoms with van der Waals surface area (Å²) in [5, 5.41) is 18.0. The van der Waals surface area contributed by atoms with Gasteiger partial charge in [-0.05, 0) is 31.0 Å². The Labute approximate surface area is 156 Å². The number of likely N-dealkylation sites (tertiary alicyclic amines) is 1. The maximum absolute atomic E-state index is 13.9. The molecule has 8 nitrogen and oxygen atoms in total. The number of benzene rings is 1. The number of carbonyl (C=O) groups excluding carboxylic acids is 1. The van der Waals surface area contributed by atoms with Crippen LogP contribution in [0.25, 0.3) is 0 Å². The van der Waals surface area contributed by atoms with E-state index < -0.39 is 5.82 Å². The highest BCUT2D eigenvalue weighted by Crippen LogP contribution is 2.21. The van der Waals surface area contributed by atoms with Crippen molar-refractivity contribution in [1.29, 1.82) is 0 Å². The molecule has 1 saturated heterocycles. The molecule has 3 rings (SSSR count). The molecule has 1 aromatic heterocycles. The summed E-state index contributed by atoms with van der Waals surface area (Å²) in [5.41, 5.74) is 1.30. The van der Waals surface area contributed by atoms with Crippen molar-refractivity contribution in [2.75, 3.05) is 35.6 Å². The first kappa shape index (κ1) is 18.8. The number of amides is 2. The Morgan fingerprint density at radius 2 is 2.15 bits per heavy atom. The normalized spacial score (nSPS) is 14.3. The summed E-state index contributed by atoms with van der Waals surface area (Å²) >= 11 is 0. The highest BCUT2D eigenvalue weighted by atomic mass is 19.1. The summed E-state index contributed by atoms with van der Waals surface area (Å²) < 4.78 is 13.9. The van der Waals surface area contributed by atoms with Crippen molar-refractivity contribution < 1.29 is 14.3 Å². The van der Waals surface area contributed by atoms with Crippen LogP contribution in [0.1, 0.15) is 19.8 Å². The van der Waals surface area contributed by atoms with Gasteiger partial charge in [-0.15, -0.1) is 0 Å². The van der Waals surface area contributed by atoms with Crippen LogP contribution in [0.5, 0.6) is 0 Å². The molecule has 1 aliphatic heterocycles. The minimum absolute atomic E-state index is 0.0237. The highest BCUT2D eigenvalue weighted by Gasteiger charge is 2.20. The SMILES string of the molecule is CC[C@@H](CO)Nc1nc(Nc2cccc(NC(=O)N3CCC3)c2)ncc1F. The maximum atomic E-state index is 13.9. The number of hydrogen-bond donors (Lipinski definition) is 4. The number of nitrogens with zero attached hydrogens (tertiary/aromatic N) is 3. The predicted octanol–water partition coefficient (Wildman–Crippen LogP) is 2.78. The molecule has 2 amide bonds. The summed E-state index contributed by atoms with van der Waals surface area (Å²) in [5.74, 6) is -0.364. The lowest BCUT2D eigenvalue weighted by Gasteiger charge is -2.30. The van der Waals surface area contributed by atoms with Crippen molar-refractivity contribution in [1.82, 2.24) is 14.9 Å². The fourth-order valence-electron chi connectivity index (χ4n) is 2.52. The topological polar surface area (TPSA) is 102 Å². The largest absolute Gasteiger partial charge is 0.394 e. The van der Waals surface area contributed by atoms with E-state index in [0.29, 0.717) is 17.8 Å². The van der Waals surface area contributed by atoms with Crippen molar-refractivity contribution in [3.63, 3.8) is 0 Å². The van der Waals surface area contributed by atoms with Gasteiger partial charge in [0, 0.05) is 24.5 Å². The van der Waals surface area contributed by atoms with Crippen LogP contribution in [-0.4, -0.2) is 51.7 Å². The molecule has 0 saturated carbocycles. The van der Waals surface area contributed by atoms with Crippen LogP contribution >= 0.6 is 0 Å². The molecule has 2 aromatic rings. The molecule has 0 spiro atoms. The summed E-state index contributed by atoms with van der Waals surface area (Å²) in [6.45, 7) is 3.30. The van der Waals surface area contributed by atoms with E-state index in [9.17, 15) is 14.3 Å². The Kier molecular flexibility index (Phi) is 6.02. The minimum Gasteiger partial charge on any atom is -0.394 e. The van der Waals surface area contributed by atoms with Crippen molar-refractivity contribution in [2.45, 2.75) is 25.8 Å². The zero-order valence-electron chi connectivity index (χ0n) is 15.1. The summed E-state index contributed by atoms with van der Waals surface area (Å²) in [4.78, 5) is 21.8. The van der Waals surface area contributed by atoms with Crippen molar-refractivity contribution in [3.8, 4) is 0 Å². The molecule has 4 N–H and O–H groups in total. The number of aliphatic hydroxyl groups excluding tert-OH is 1. The van der Waals surface area contributed by atoms with E-state index in [-0.39, 0.29) is 30.4 Å². The quantitative estimate of drug-likeness (QED) is 0.594. The van der Waals surface area contributed by atoms with Gasteiger partial charge in [-0.2, -0.15) is 4.98 Å². The number of hydrogen-bond acceptors (Lipinski definition) is 6. The van der Waals surface area contributed by atoms with Crippen LogP contribution in [0.4, 0.5) is 32.3 Å². The predicted molar refractivity (Wildman–Crippen MR) is 102 cm³/mol. The molecular formula is C18H23FN6O2. The number of nitrogens with one attached hydrogen (secondary N) is 3. The lowest BCUT2D eigenvalue weighted by Crippen LogP contribution is -2.44. The van der Waals surface area contributed by atoms with Crippen LogP contribution in [0, 0.1) is 5.82 Å². The lowest BCUT2D eigenvalue weighted by atomic mass is 10.2. The maximum Gasteiger partial charge on any atom is 0.321 e. The third kappa shape index (κ3) is 4.82. The van der Waals surface area contributed by atoms with Gasteiger partial charge in [0.05, 0.1) is 18.8 Å². The highest BCUT2D eigenvalue weighted by molar-refractivity contribution is 5.90. The van der Waals surface area contributed by atoms with E-state index >= 15 is 0 Å². The van der Waals surface area contributed by atoms with E-state index in [1.807, 2.05) is 6.92 Å². The summed E-state index contributed by atoms with van der Waals surface area (Å²) in [6, 6.07) is 6.70. The zero-order valence-corrected chi connectivity index (χ0v) is 15.1. The van der Waals surface area contributed by atoms with Gasteiger partial charge >= 0.3 is 6.03 Å². The second-order valence-electron chi connectivity index (χ2n) is 6.30. The van der Waals surface area contributed by atoms with Crippen molar-refractivity contribution in [2.24, 2.45) is 0 Å². The van der Waals surface area contributed by atoms with E-state index in [2.05, 4.69) is 25.9 Å². The van der Waals surface area contributed by atoms with Gasteiger partial charge in [-0.1, -0.05) is 13.0 Å². The van der Waals surface area contributed by atoms with Gasteiger partial charge in [0.2, 0.25) is 5.95 Å². The summed E-state index contributed by atoms with van der Waals surface area (Å²) in [6.07, 6.45) is 2.72. The molecule has 0 aliphatic carbocycles. The number of carbonyl (C=O) groups is 1. The Bertz CT molecular complexity index is 795. The fourth-order valence-corrected chi connectivity index (χ4v) is 2.52. The molecule has 0 radical (unpaired) electrons. The van der Waals surface area contributed by atoms with Gasteiger partial charge in [0.1, 0.15) is 0 Å². The minimum atomic E-state index is -0.594. The third-order valence-corrected chi connectivity index (χ3v) is 4.31. The molecule has 144 valence electrons. The molecule has 1 atom stereocenters. The molecule has 1 aliphatic rings. The summed E-state index contributed by atoms with van der Waals surface area (Å²) in [7, 11) is 0. The molecule has 0 unspecified atom stereocenters. The monoisotopic (exact) mass is 374 g/mol. The van der Waals surface area contributed by atoms with Crippen molar-refractivity contribution in [3.05, 3.63) is 36.3 Å². The van der Waals surface area contributed by atoms with Crippen LogP contribution in [0.2, 0.25) is 0 Å². The van der Waals surface area contributed by atoms with E-state index in [0.717, 1.165) is 25.7 Å². The molecule has 0 bridgehead atoms. The number of aromatic nitrogens is 2. The van der Waals surface area contributed by atoms with Gasteiger partial charge in [0.15, 0.2) is 11.6 Å². The van der Waals surface area contributed by atoms with E-state index in [1.54, 1.807) is 29.2 Å². The molecule has 9 heteroatoms. The van der Waals surface area contributed by atoms with Gasteiger partial charge in [-0.3, -0.25) is 0 Å². The number of urea groups is 1. The van der Waals surface area contributed by atoms with E-state index in [4.69, 9.17) is 0 Å². The first-order valence-corrected chi connectivity index (χ1v) is 8.92. The Morgan fingerprint density at radius 1 is 1.37 bits per heavy atom. The average Bonchev–Trinajstić information content (AvgIpc) is 2.61. The third-order valence-electron chi connectivity index (χ3n) is 4.31. The van der Waals surface area contributed by atoms with Crippen LogP contribution in [0.3, 0.4) is 0 Å². The Morgan fingerprint density at radius 3 is 2.81 bits per heavy atom. The fraction of sp³-hybridized carbons (Fsp3) is 0.389. The molecule has 1 aromatic carbocycles. The van der Waals surface area contributed by atoms with Gasteiger partial charge in [-0.25, -0.2) is 14.2 Å². The first-order chi connectivity index (χ1) is 13.1. The second kappa shape index (κ2) is 8.63. The van der Waals surface area contributed by atoms with Gasteiger partial charge in [0.25, 0.3) is 0 Å². The number of anilines is 4. The smallest absolute Gasteiger partial charge is 0.321 e.